The van der Waals surface area contributed by atoms with Gasteiger partial charge in [0.2, 0.25) is 0 Å². The van der Waals surface area contributed by atoms with E-state index in [1.807, 2.05) is 27.7 Å². The smallest absolute Gasteiger partial charge is 0.145 e. The average molecular weight is 907 g/mol. The van der Waals surface area contributed by atoms with Gasteiger partial charge in [0, 0.05) is 5.56 Å². The molecule has 5 aromatic carbocycles. The minimum atomic E-state index is -1.00. The maximum absolute atomic E-state index is 5.19. The molecule has 0 aliphatic heterocycles. The van der Waals surface area contributed by atoms with Gasteiger partial charge in [-0.05, 0) is 231 Å². The number of hydrogen-bond acceptors (Lipinski definition) is 3. The Balaban J connectivity index is 0.000000216. The standard InChI is InChI=1S/C37H16N2S.C31H14/c1-5-7-9-11-13-15-23-37(24-16-14-12-10-8-6-2)33-25-27(3)17-20-31(33)32-22-19-29(26-34(32)37)30-21-18-28(4)35-36(30)39-40-38-35;1-5-7-9-11-13-15-21-31(22-16-14-12-10-8-6-2)29-23-25(3)17-19-27(29)28-20-18-26(4)24-30(28)31/h1-2,17-22,25-26H,3-4H3;1-2,17-20,23-24H,3-4H3. The summed E-state index contributed by atoms with van der Waals surface area (Å²) in [6.07, 6.45) is 20.6. The molecule has 0 amide bonds. The lowest BCUT2D eigenvalue weighted by Crippen LogP contribution is -2.21. The minimum absolute atomic E-state index is 0.870. The zero-order valence-corrected chi connectivity index (χ0v) is 39.5. The van der Waals surface area contributed by atoms with Crippen LogP contribution in [0.1, 0.15) is 44.5 Å². The SMILES string of the molecule is C#CC#CC#CC#CC1(C#CC#CC#CC#C)c2cc(C)ccc2-c2ccc(-c3ccc(C)c4nsnc34)cc21.C#CC#CC#CC#CC1(C#CC#CC#CC#C)c2cc(C)ccc2-c2ccc(C)cc21. The van der Waals surface area contributed by atoms with E-state index in [2.05, 4.69) is 259 Å². The van der Waals surface area contributed by atoms with Crippen molar-refractivity contribution >= 4 is 22.8 Å². The second-order valence-corrected chi connectivity index (χ2v) is 15.9. The molecule has 2 aliphatic rings. The molecule has 1 aromatic heterocycles. The third-order valence-corrected chi connectivity index (χ3v) is 11.5. The first-order chi connectivity index (χ1) is 34.7. The van der Waals surface area contributed by atoms with Gasteiger partial charge in [-0.1, -0.05) is 119 Å². The highest BCUT2D eigenvalue weighted by atomic mass is 32.1. The number of aryl methyl sites for hydroxylation is 4. The molecule has 8 rings (SSSR count). The highest BCUT2D eigenvalue weighted by Gasteiger charge is 2.43. The Morgan fingerprint density at radius 2 is 0.648 bits per heavy atom. The van der Waals surface area contributed by atoms with Gasteiger partial charge in [0.05, 0.1) is 11.7 Å². The Bertz CT molecular complexity index is 4100. The molecule has 318 valence electrons. The third-order valence-electron chi connectivity index (χ3n) is 11.0. The summed E-state index contributed by atoms with van der Waals surface area (Å²) in [6, 6.07) is 29.4. The van der Waals surface area contributed by atoms with Crippen molar-refractivity contribution in [1.82, 2.24) is 8.75 Å². The fraction of sp³-hybridized carbons (Fsp3) is 0.0882. The van der Waals surface area contributed by atoms with Gasteiger partial charge in [-0.2, -0.15) is 8.75 Å². The molecule has 0 bridgehead atoms. The molecule has 2 nitrogen and oxygen atoms in total. The van der Waals surface area contributed by atoms with E-state index in [1.165, 1.54) is 11.7 Å². The van der Waals surface area contributed by atoms with E-state index in [0.717, 1.165) is 88.9 Å². The maximum atomic E-state index is 5.19. The molecule has 0 spiro atoms. The second-order valence-electron chi connectivity index (χ2n) is 15.4. The van der Waals surface area contributed by atoms with Gasteiger partial charge in [-0.25, -0.2) is 0 Å². The van der Waals surface area contributed by atoms with Crippen LogP contribution in [0.5, 0.6) is 0 Å². The fourth-order valence-corrected chi connectivity index (χ4v) is 8.62. The number of rotatable bonds is 1. The van der Waals surface area contributed by atoms with Crippen LogP contribution in [-0.4, -0.2) is 8.75 Å². The molecule has 6 aromatic rings. The third kappa shape index (κ3) is 10.3. The summed E-state index contributed by atoms with van der Waals surface area (Å²) >= 11 is 1.21. The van der Waals surface area contributed by atoms with Gasteiger partial charge < -0.3 is 0 Å². The Morgan fingerprint density at radius 1 is 0.338 bits per heavy atom. The molecule has 3 heteroatoms. The number of nitrogens with zero attached hydrogens (tertiary/aromatic N) is 2. The normalized spacial score (nSPS) is 10.5. The van der Waals surface area contributed by atoms with Crippen LogP contribution in [-0.2, 0) is 10.8 Å². The zero-order valence-electron chi connectivity index (χ0n) is 38.7. The summed E-state index contributed by atoms with van der Waals surface area (Å²) in [7, 11) is 0. The lowest BCUT2D eigenvalue weighted by Gasteiger charge is -2.20. The van der Waals surface area contributed by atoms with Gasteiger partial charge in [-0.3, -0.25) is 0 Å². The Hall–Kier alpha value is -11.1. The summed E-state index contributed by atoms with van der Waals surface area (Å²) < 4.78 is 9.09. The van der Waals surface area contributed by atoms with E-state index in [9.17, 15) is 0 Å². The fourth-order valence-electron chi connectivity index (χ4n) is 8.00. The van der Waals surface area contributed by atoms with Crippen molar-refractivity contribution in [2.24, 2.45) is 0 Å². The summed E-state index contributed by atoms with van der Waals surface area (Å²) in [4.78, 5) is 0. The molecular formula is C68H30N2S. The van der Waals surface area contributed by atoms with Crippen LogP contribution in [0.2, 0.25) is 0 Å². The average Bonchev–Trinajstić information content (AvgIpc) is 4.05. The minimum Gasteiger partial charge on any atom is -0.173 e. The molecule has 0 N–H and O–H groups in total. The molecule has 0 saturated heterocycles. The molecular weight excluding hydrogens is 877 g/mol. The monoisotopic (exact) mass is 906 g/mol. The summed E-state index contributed by atoms with van der Waals surface area (Å²) in [5.41, 5.74) is 14.5. The predicted octanol–water partition coefficient (Wildman–Crippen LogP) is 9.39. The van der Waals surface area contributed by atoms with E-state index in [-0.39, 0.29) is 0 Å². The Kier molecular flexibility index (Phi) is 15.1. The van der Waals surface area contributed by atoms with Gasteiger partial charge in [0.1, 0.15) is 21.9 Å². The van der Waals surface area contributed by atoms with Gasteiger partial charge in [0.25, 0.3) is 0 Å². The molecule has 1 heterocycles. The molecule has 0 saturated carbocycles. The van der Waals surface area contributed by atoms with Gasteiger partial charge in [-0.15, -0.1) is 25.7 Å². The molecule has 0 atom stereocenters. The van der Waals surface area contributed by atoms with Crippen LogP contribution in [0.4, 0.5) is 0 Å². The van der Waals surface area contributed by atoms with Crippen molar-refractivity contribution in [2.75, 3.05) is 0 Å². The van der Waals surface area contributed by atoms with Gasteiger partial charge >= 0.3 is 0 Å². The first-order valence-corrected chi connectivity index (χ1v) is 22.1. The lowest BCUT2D eigenvalue weighted by atomic mass is 9.78. The number of benzene rings is 5. The van der Waals surface area contributed by atoms with Crippen molar-refractivity contribution in [1.29, 1.82) is 0 Å². The number of fused-ring (bicyclic) bond motifs is 7. The summed E-state index contributed by atoms with van der Waals surface area (Å²) in [5.74, 6) is 75.9. The topological polar surface area (TPSA) is 25.8 Å². The lowest BCUT2D eigenvalue weighted by molar-refractivity contribution is 0.913. The number of terminal acetylenes is 4. The van der Waals surface area contributed by atoms with Crippen LogP contribution in [0.25, 0.3) is 44.4 Å². The van der Waals surface area contributed by atoms with Crippen LogP contribution in [0.3, 0.4) is 0 Å². The second kappa shape index (κ2) is 22.4. The van der Waals surface area contributed by atoms with Crippen molar-refractivity contribution < 1.29 is 0 Å². The van der Waals surface area contributed by atoms with E-state index in [1.54, 1.807) is 0 Å². The van der Waals surface area contributed by atoms with Gasteiger partial charge in [0.15, 0.2) is 0 Å². The Labute approximate surface area is 422 Å². The molecule has 71 heavy (non-hydrogen) atoms. The van der Waals surface area contributed by atoms with Crippen LogP contribution < -0.4 is 0 Å². The Morgan fingerprint density at radius 3 is 1.03 bits per heavy atom. The highest BCUT2D eigenvalue weighted by Crippen LogP contribution is 2.51. The zero-order chi connectivity index (χ0) is 50.1. The van der Waals surface area contributed by atoms with Crippen molar-refractivity contribution in [3.05, 3.63) is 129 Å². The first kappa shape index (κ1) is 47.8. The summed E-state index contributed by atoms with van der Waals surface area (Å²) in [6.45, 7) is 8.17. The molecule has 2 aliphatic carbocycles. The van der Waals surface area contributed by atoms with E-state index >= 15 is 0 Å². The predicted molar refractivity (Wildman–Crippen MR) is 289 cm³/mol. The van der Waals surface area contributed by atoms with Crippen LogP contribution >= 0.6 is 11.7 Å². The van der Waals surface area contributed by atoms with Crippen LogP contribution in [0, 0.1) is 219 Å². The van der Waals surface area contributed by atoms with Crippen LogP contribution in [0.15, 0.2) is 84.9 Å². The van der Waals surface area contributed by atoms with Crippen molar-refractivity contribution in [3.8, 4) is 225 Å². The largest absolute Gasteiger partial charge is 0.173 e. The quantitative estimate of drug-likeness (QED) is 0.154. The van der Waals surface area contributed by atoms with E-state index < -0.39 is 10.8 Å². The maximum Gasteiger partial charge on any atom is 0.145 e. The van der Waals surface area contributed by atoms with Crippen molar-refractivity contribution in [2.45, 2.75) is 38.5 Å². The van der Waals surface area contributed by atoms with E-state index in [4.69, 9.17) is 25.7 Å². The molecule has 0 fully saturated rings. The molecule has 0 unspecified atom stereocenters. The number of hydrogen-bond donors (Lipinski definition) is 0. The first-order valence-electron chi connectivity index (χ1n) is 21.3. The highest BCUT2D eigenvalue weighted by molar-refractivity contribution is 7.00. The van der Waals surface area contributed by atoms with E-state index in [0.29, 0.717) is 0 Å². The number of aromatic nitrogens is 2. The van der Waals surface area contributed by atoms with Crippen molar-refractivity contribution in [3.63, 3.8) is 0 Å². The summed E-state index contributed by atoms with van der Waals surface area (Å²) in [5, 5.41) is 0. The molecule has 0 radical (unpaired) electrons.